The second-order valence-electron chi connectivity index (χ2n) is 5.12. The molecule has 2 rings (SSSR count). The number of ether oxygens (including phenoxy) is 1. The fraction of sp³-hybridized carbons (Fsp3) is 0.294. The van der Waals surface area contributed by atoms with E-state index in [0.29, 0.717) is 17.5 Å². The van der Waals surface area contributed by atoms with Crippen LogP contribution < -0.4 is 10.5 Å². The molecule has 2 N–H and O–H groups in total. The topological polar surface area (TPSA) is 35.2 Å². The number of rotatable bonds is 5. The number of benzene rings is 2. The van der Waals surface area contributed by atoms with E-state index in [1.54, 1.807) is 14.0 Å². The Morgan fingerprint density at radius 1 is 1.10 bits per heavy atom. The van der Waals surface area contributed by atoms with E-state index in [9.17, 15) is 8.78 Å². The highest BCUT2D eigenvalue weighted by Crippen LogP contribution is 2.23. The summed E-state index contributed by atoms with van der Waals surface area (Å²) in [6.45, 7) is 1.61. The van der Waals surface area contributed by atoms with Crippen LogP contribution in [0.5, 0.6) is 5.75 Å². The second-order valence-corrected chi connectivity index (χ2v) is 5.12. The van der Waals surface area contributed by atoms with Crippen LogP contribution in [0.25, 0.3) is 0 Å². The molecule has 0 aromatic heterocycles. The van der Waals surface area contributed by atoms with Gasteiger partial charge in [0.05, 0.1) is 7.11 Å². The van der Waals surface area contributed by atoms with Crippen molar-refractivity contribution in [2.75, 3.05) is 7.11 Å². The SMILES string of the molecule is COc1ccc(CCC(N)c2cc(C)c(F)cc2F)cc1. The zero-order valence-electron chi connectivity index (χ0n) is 12.2. The van der Waals surface area contributed by atoms with E-state index in [4.69, 9.17) is 10.5 Å². The van der Waals surface area contributed by atoms with Crippen molar-refractivity contribution >= 4 is 0 Å². The van der Waals surface area contributed by atoms with Gasteiger partial charge < -0.3 is 10.5 Å². The summed E-state index contributed by atoms with van der Waals surface area (Å²) in [6.07, 6.45) is 1.31. The van der Waals surface area contributed by atoms with E-state index in [1.807, 2.05) is 24.3 Å². The molecular formula is C17H19F2NO. The summed E-state index contributed by atoms with van der Waals surface area (Å²) in [6, 6.07) is 9.61. The molecule has 0 amide bonds. The predicted molar refractivity (Wildman–Crippen MR) is 79.3 cm³/mol. The number of hydrogen-bond acceptors (Lipinski definition) is 2. The first-order valence-corrected chi connectivity index (χ1v) is 6.85. The highest BCUT2D eigenvalue weighted by atomic mass is 19.1. The molecule has 0 aliphatic heterocycles. The first-order chi connectivity index (χ1) is 10.0. The van der Waals surface area contributed by atoms with Gasteiger partial charge in [0.25, 0.3) is 0 Å². The summed E-state index contributed by atoms with van der Waals surface area (Å²) in [5.41, 5.74) is 7.91. The maximum Gasteiger partial charge on any atom is 0.130 e. The molecular weight excluding hydrogens is 272 g/mol. The van der Waals surface area contributed by atoms with Gasteiger partial charge in [-0.1, -0.05) is 12.1 Å². The van der Waals surface area contributed by atoms with Gasteiger partial charge in [0, 0.05) is 17.7 Å². The zero-order chi connectivity index (χ0) is 15.4. The Morgan fingerprint density at radius 2 is 1.76 bits per heavy atom. The molecule has 21 heavy (non-hydrogen) atoms. The van der Waals surface area contributed by atoms with Gasteiger partial charge in [0.1, 0.15) is 17.4 Å². The van der Waals surface area contributed by atoms with Crippen molar-refractivity contribution in [3.05, 3.63) is 64.7 Å². The van der Waals surface area contributed by atoms with Crippen LogP contribution in [-0.4, -0.2) is 7.11 Å². The lowest BCUT2D eigenvalue weighted by molar-refractivity contribution is 0.414. The van der Waals surface area contributed by atoms with Gasteiger partial charge >= 0.3 is 0 Å². The highest BCUT2D eigenvalue weighted by Gasteiger charge is 2.14. The van der Waals surface area contributed by atoms with E-state index in [2.05, 4.69) is 0 Å². The average Bonchev–Trinajstić information content (AvgIpc) is 2.49. The normalized spacial score (nSPS) is 12.2. The highest BCUT2D eigenvalue weighted by molar-refractivity contribution is 5.29. The summed E-state index contributed by atoms with van der Waals surface area (Å²) < 4.78 is 32.1. The summed E-state index contributed by atoms with van der Waals surface area (Å²) in [5.74, 6) is -0.331. The van der Waals surface area contributed by atoms with Crippen molar-refractivity contribution in [3.63, 3.8) is 0 Å². The van der Waals surface area contributed by atoms with Crippen LogP contribution in [0.2, 0.25) is 0 Å². The van der Waals surface area contributed by atoms with Crippen molar-refractivity contribution in [1.29, 1.82) is 0 Å². The molecule has 0 fully saturated rings. The molecule has 2 aromatic rings. The molecule has 2 aromatic carbocycles. The van der Waals surface area contributed by atoms with Gasteiger partial charge in [0.2, 0.25) is 0 Å². The number of hydrogen-bond donors (Lipinski definition) is 1. The molecule has 0 bridgehead atoms. The van der Waals surface area contributed by atoms with E-state index in [1.165, 1.54) is 6.07 Å². The Bertz CT molecular complexity index is 611. The first kappa shape index (κ1) is 15.4. The maximum atomic E-state index is 13.8. The Balaban J connectivity index is 2.04. The molecule has 0 spiro atoms. The molecule has 0 aliphatic rings. The van der Waals surface area contributed by atoms with Crippen LogP contribution in [0.1, 0.15) is 29.2 Å². The van der Waals surface area contributed by atoms with Gasteiger partial charge in [-0.05, 0) is 49.1 Å². The zero-order valence-corrected chi connectivity index (χ0v) is 12.2. The van der Waals surface area contributed by atoms with Crippen molar-refractivity contribution in [1.82, 2.24) is 0 Å². The van der Waals surface area contributed by atoms with E-state index >= 15 is 0 Å². The third kappa shape index (κ3) is 3.79. The van der Waals surface area contributed by atoms with Crippen molar-refractivity contribution in [2.45, 2.75) is 25.8 Å². The molecule has 0 aliphatic carbocycles. The van der Waals surface area contributed by atoms with Crippen LogP contribution in [0.3, 0.4) is 0 Å². The minimum atomic E-state index is -0.583. The van der Waals surface area contributed by atoms with E-state index in [0.717, 1.165) is 23.8 Å². The second kappa shape index (κ2) is 6.68. The molecule has 0 saturated carbocycles. The van der Waals surface area contributed by atoms with Gasteiger partial charge in [-0.2, -0.15) is 0 Å². The van der Waals surface area contributed by atoms with Crippen LogP contribution in [0, 0.1) is 18.6 Å². The van der Waals surface area contributed by atoms with Gasteiger partial charge in [-0.15, -0.1) is 0 Å². The lowest BCUT2D eigenvalue weighted by Gasteiger charge is -2.14. The van der Waals surface area contributed by atoms with Crippen LogP contribution in [-0.2, 0) is 6.42 Å². The molecule has 1 atom stereocenters. The third-order valence-corrected chi connectivity index (χ3v) is 3.58. The van der Waals surface area contributed by atoms with Crippen LogP contribution in [0.15, 0.2) is 36.4 Å². The van der Waals surface area contributed by atoms with Crippen LogP contribution in [0.4, 0.5) is 8.78 Å². The summed E-state index contributed by atoms with van der Waals surface area (Å²) in [5, 5.41) is 0. The monoisotopic (exact) mass is 291 g/mol. The van der Waals surface area contributed by atoms with Crippen molar-refractivity contribution in [2.24, 2.45) is 5.73 Å². The minimum absolute atomic E-state index is 0.363. The number of methoxy groups -OCH3 is 1. The Morgan fingerprint density at radius 3 is 2.38 bits per heavy atom. The fourth-order valence-electron chi connectivity index (χ4n) is 2.23. The minimum Gasteiger partial charge on any atom is -0.497 e. The molecule has 112 valence electrons. The summed E-state index contributed by atoms with van der Waals surface area (Å²) in [4.78, 5) is 0. The number of nitrogens with two attached hydrogens (primary N) is 1. The van der Waals surface area contributed by atoms with Gasteiger partial charge in [-0.3, -0.25) is 0 Å². The van der Waals surface area contributed by atoms with Gasteiger partial charge in [-0.25, -0.2) is 8.78 Å². The average molecular weight is 291 g/mol. The molecule has 0 saturated heterocycles. The predicted octanol–water partition coefficient (Wildman–Crippen LogP) is 3.91. The fourth-order valence-corrected chi connectivity index (χ4v) is 2.23. The van der Waals surface area contributed by atoms with E-state index in [-0.39, 0.29) is 0 Å². The summed E-state index contributed by atoms with van der Waals surface area (Å²) in [7, 11) is 1.62. The Kier molecular flexibility index (Phi) is 4.91. The molecule has 2 nitrogen and oxygen atoms in total. The maximum absolute atomic E-state index is 13.8. The number of aryl methyl sites for hydroxylation is 2. The quantitative estimate of drug-likeness (QED) is 0.906. The smallest absolute Gasteiger partial charge is 0.130 e. The van der Waals surface area contributed by atoms with Gasteiger partial charge in [0.15, 0.2) is 0 Å². The number of halogens is 2. The largest absolute Gasteiger partial charge is 0.497 e. The molecule has 4 heteroatoms. The Hall–Kier alpha value is -1.94. The van der Waals surface area contributed by atoms with Crippen molar-refractivity contribution in [3.8, 4) is 5.75 Å². The van der Waals surface area contributed by atoms with E-state index < -0.39 is 17.7 Å². The lowest BCUT2D eigenvalue weighted by Crippen LogP contribution is -2.14. The molecule has 1 unspecified atom stereocenters. The Labute approximate surface area is 123 Å². The summed E-state index contributed by atoms with van der Waals surface area (Å²) >= 11 is 0. The standard InChI is InChI=1S/C17H19F2NO/c1-11-9-14(16(19)10-15(11)18)17(20)8-5-12-3-6-13(21-2)7-4-12/h3-4,6-7,9-10,17H,5,8,20H2,1-2H3. The molecule has 0 radical (unpaired) electrons. The van der Waals surface area contributed by atoms with Crippen LogP contribution >= 0.6 is 0 Å². The third-order valence-electron chi connectivity index (χ3n) is 3.58. The first-order valence-electron chi connectivity index (χ1n) is 6.85. The van der Waals surface area contributed by atoms with Crippen molar-refractivity contribution < 1.29 is 13.5 Å². The molecule has 0 heterocycles. The lowest BCUT2D eigenvalue weighted by atomic mass is 9.98.